The number of rotatable bonds is 8. The molecule has 470 valence electrons. The van der Waals surface area contributed by atoms with Crippen LogP contribution < -0.4 is 9.80 Å². The number of nitrogens with one attached hydrogen (secondary N) is 1. The van der Waals surface area contributed by atoms with Gasteiger partial charge in [0.1, 0.15) is 0 Å². The molecular weight excluding hydrogens is 1150 g/mol. The maximum absolute atomic E-state index is 13.5. The number of fused-ring (bicyclic) bond motifs is 4. The standard InChI is InChI=1S/C24H27F3N4O.C21H22F3N3O2.C20H22F3N3.CH4/c1-14(2)30-8-7-19-21(13-30)28-29-22(19)23(32)31-11-16-9-15(10-17(16)12-31)18-5-3-4-6-20(18)24(25,26)27;1-12-7-18(19(28)29-2)26-20(25-12)27-10-14-8-13(9-15(14)11-27)16-5-3-4-6-17(16)21(22,23)24;1-12-7-13(2)25-19(24-12)26-10-15-8-14(9-16(15)11-26)17-5-3-4-6-18(17)20(21,22)23;/h3-6,15-17H,1,7-13H2,2H3,(H,28,29);3-7,13-15H,8-11H2,1-2H3;3-7,14-16H,8-11H2,1-2H3;1H4/t15?,16-,17+;13?,14-,15+;14?,15-,16+;. The van der Waals surface area contributed by atoms with Crippen LogP contribution in [0.15, 0.2) is 97.2 Å². The van der Waals surface area contributed by atoms with Crippen LogP contribution in [0.5, 0.6) is 0 Å². The van der Waals surface area contributed by atoms with Crippen LogP contribution in [-0.2, 0) is 36.2 Å². The van der Waals surface area contributed by atoms with Crippen LogP contribution >= 0.6 is 0 Å². The summed E-state index contributed by atoms with van der Waals surface area (Å²) in [7, 11) is 1.30. The molecule has 88 heavy (non-hydrogen) atoms. The first-order valence-electron chi connectivity index (χ1n) is 29.8. The molecule has 4 aliphatic heterocycles. The highest BCUT2D eigenvalue weighted by molar-refractivity contribution is 5.94. The third-order valence-corrected chi connectivity index (χ3v) is 19.1. The zero-order chi connectivity index (χ0) is 61.9. The van der Waals surface area contributed by atoms with E-state index in [1.165, 1.54) is 43.5 Å². The van der Waals surface area contributed by atoms with Crippen LogP contribution in [0.25, 0.3) is 0 Å². The number of carbonyl (C=O) groups is 2. The molecule has 7 aliphatic rings. The van der Waals surface area contributed by atoms with Gasteiger partial charge in [-0.1, -0.05) is 68.6 Å². The number of hydrogen-bond donors (Lipinski definition) is 1. The van der Waals surface area contributed by atoms with Crippen LogP contribution in [0.2, 0.25) is 0 Å². The van der Waals surface area contributed by atoms with Gasteiger partial charge in [-0.3, -0.25) is 9.89 Å². The first kappa shape index (κ1) is 63.5. The predicted molar refractivity (Wildman–Crippen MR) is 315 cm³/mol. The van der Waals surface area contributed by atoms with E-state index in [2.05, 4.69) is 46.5 Å². The summed E-state index contributed by atoms with van der Waals surface area (Å²) in [6.45, 7) is 17.4. The Labute approximate surface area is 507 Å². The summed E-state index contributed by atoms with van der Waals surface area (Å²) < 4.78 is 125. The maximum atomic E-state index is 13.5. The molecule has 3 saturated carbocycles. The number of H-pyrrole nitrogens is 1. The number of anilines is 2. The Hall–Kier alpha value is -7.52. The lowest BCUT2D eigenvalue weighted by atomic mass is 9.91. The van der Waals surface area contributed by atoms with Crippen molar-refractivity contribution in [2.75, 3.05) is 62.7 Å². The monoisotopic (exact) mass is 1230 g/mol. The molecule has 13 rings (SSSR count). The molecule has 1 N–H and O–H groups in total. The van der Waals surface area contributed by atoms with Crippen LogP contribution in [0, 0.1) is 56.3 Å². The Morgan fingerprint density at radius 3 is 1.32 bits per heavy atom. The summed E-state index contributed by atoms with van der Waals surface area (Å²) in [6.07, 6.45) is -7.80. The van der Waals surface area contributed by atoms with E-state index in [1.54, 1.807) is 49.4 Å². The average Bonchev–Trinajstić information content (AvgIpc) is 4.31. The second-order valence-corrected chi connectivity index (χ2v) is 24.9. The highest BCUT2D eigenvalue weighted by Crippen LogP contribution is 2.52. The number of halogens is 9. The van der Waals surface area contributed by atoms with Gasteiger partial charge < -0.3 is 24.3 Å². The quantitative estimate of drug-likeness (QED) is 0.115. The van der Waals surface area contributed by atoms with Crippen molar-refractivity contribution in [2.45, 2.75) is 123 Å². The Kier molecular flexibility index (Phi) is 18.2. The van der Waals surface area contributed by atoms with E-state index in [4.69, 9.17) is 4.74 Å². The number of benzene rings is 3. The number of aromatic nitrogens is 6. The fourth-order valence-electron chi connectivity index (χ4n) is 15.2. The number of amides is 1. The lowest BCUT2D eigenvalue weighted by molar-refractivity contribution is -0.139. The summed E-state index contributed by atoms with van der Waals surface area (Å²) >= 11 is 0. The second kappa shape index (κ2) is 25.2. The van der Waals surface area contributed by atoms with Crippen molar-refractivity contribution >= 4 is 23.8 Å². The van der Waals surface area contributed by atoms with Crippen LogP contribution in [0.3, 0.4) is 0 Å². The Balaban J connectivity index is 0.000000146. The number of ether oxygens (including phenoxy) is 1. The van der Waals surface area contributed by atoms with Crippen molar-refractivity contribution in [3.63, 3.8) is 0 Å². The number of alkyl halides is 9. The van der Waals surface area contributed by atoms with Crippen LogP contribution in [0.4, 0.5) is 51.4 Å². The largest absolute Gasteiger partial charge is 0.464 e. The zero-order valence-corrected chi connectivity index (χ0v) is 49.2. The summed E-state index contributed by atoms with van der Waals surface area (Å²) in [6, 6.07) is 21.4. The molecule has 1 amide bonds. The molecule has 0 spiro atoms. The molecule has 3 saturated heterocycles. The summed E-state index contributed by atoms with van der Waals surface area (Å²) in [5.41, 5.74) is 5.97. The van der Waals surface area contributed by atoms with E-state index in [9.17, 15) is 49.1 Å². The van der Waals surface area contributed by atoms with Crippen molar-refractivity contribution in [2.24, 2.45) is 35.5 Å². The van der Waals surface area contributed by atoms with Crippen molar-refractivity contribution in [1.29, 1.82) is 0 Å². The number of nitrogens with zero attached hydrogens (tertiary/aromatic N) is 9. The molecule has 3 aromatic heterocycles. The normalized spacial score (nSPS) is 24.5. The van der Waals surface area contributed by atoms with E-state index in [1.807, 2.05) is 36.6 Å². The molecule has 6 aromatic rings. The van der Waals surface area contributed by atoms with Gasteiger partial charge in [-0.15, -0.1) is 0 Å². The molecule has 13 nitrogen and oxygen atoms in total. The fraction of sp³-hybridized carbons (Fsp3) is 0.500. The topological polar surface area (TPSA) is 137 Å². The van der Waals surface area contributed by atoms with Gasteiger partial charge in [0.15, 0.2) is 11.4 Å². The van der Waals surface area contributed by atoms with Crippen LogP contribution in [0.1, 0.15) is 153 Å². The molecule has 3 unspecified atom stereocenters. The van der Waals surface area contributed by atoms with Crippen LogP contribution in [-0.4, -0.2) is 105 Å². The van der Waals surface area contributed by atoms with Crippen molar-refractivity contribution in [3.05, 3.63) is 170 Å². The van der Waals surface area contributed by atoms with E-state index in [0.29, 0.717) is 104 Å². The number of esters is 1. The summed E-state index contributed by atoms with van der Waals surface area (Å²) in [5.74, 6) is 2.31. The number of allylic oxidation sites excluding steroid dienone is 1. The van der Waals surface area contributed by atoms with Gasteiger partial charge in [-0.25, -0.2) is 24.7 Å². The van der Waals surface area contributed by atoms with Gasteiger partial charge in [0.2, 0.25) is 11.9 Å². The van der Waals surface area contributed by atoms with Gasteiger partial charge in [-0.05, 0) is 173 Å². The molecule has 6 fully saturated rings. The number of aromatic amines is 1. The van der Waals surface area contributed by atoms with E-state index in [0.717, 1.165) is 73.2 Å². The fourth-order valence-corrected chi connectivity index (χ4v) is 15.2. The number of aryl methyl sites for hydroxylation is 3. The number of likely N-dealkylation sites (tertiary alicyclic amines) is 1. The van der Waals surface area contributed by atoms with Gasteiger partial charge in [0.05, 0.1) is 36.0 Å². The van der Waals surface area contributed by atoms with E-state index >= 15 is 0 Å². The molecule has 7 heterocycles. The SMILES string of the molecule is C.C=C(C)N1CCc2c(C(=O)N3C[C@H]4CC(c5ccccc5C(F)(F)F)C[C@H]4C3)n[nH]c2C1.COC(=O)c1cc(C)nc(N2C[C@H]3CC(c4ccccc4C(F)(F)F)C[C@H]3C2)n1.Cc1cc(C)nc(N2C[C@H]3CC(c4ccccc4C(F)(F)F)C[C@H]3C2)n1. The maximum Gasteiger partial charge on any atom is 0.416 e. The van der Waals surface area contributed by atoms with Crippen molar-refractivity contribution in [3.8, 4) is 0 Å². The molecule has 22 heteroatoms. The highest BCUT2D eigenvalue weighted by atomic mass is 19.4. The summed E-state index contributed by atoms with van der Waals surface area (Å²) in [5, 5.41) is 7.36. The highest BCUT2D eigenvalue weighted by Gasteiger charge is 2.48. The molecule has 0 bridgehead atoms. The van der Waals surface area contributed by atoms with Gasteiger partial charge >= 0.3 is 24.5 Å². The number of carbonyl (C=O) groups excluding carboxylic acids is 2. The van der Waals surface area contributed by atoms with Gasteiger partial charge in [0.25, 0.3) is 5.91 Å². The lowest BCUT2D eigenvalue weighted by Crippen LogP contribution is -2.33. The second-order valence-electron chi connectivity index (χ2n) is 24.9. The molecular formula is C66H75F9N10O3. The van der Waals surface area contributed by atoms with E-state index < -0.39 is 41.2 Å². The molecule has 3 aromatic carbocycles. The number of methoxy groups -OCH3 is 1. The molecule has 9 atom stereocenters. The first-order chi connectivity index (χ1) is 41.3. The minimum absolute atomic E-state index is 0. The smallest absolute Gasteiger partial charge is 0.416 e. The van der Waals surface area contributed by atoms with Crippen molar-refractivity contribution in [1.82, 2.24) is 39.9 Å². The minimum atomic E-state index is -4.34. The Bertz CT molecular complexity index is 3470. The van der Waals surface area contributed by atoms with Gasteiger partial charge in [0, 0.05) is 74.2 Å². The number of hydrogen-bond acceptors (Lipinski definition) is 11. The van der Waals surface area contributed by atoms with Gasteiger partial charge in [-0.2, -0.15) is 44.6 Å². The zero-order valence-electron chi connectivity index (χ0n) is 49.2. The molecule has 0 radical (unpaired) electrons. The lowest BCUT2D eigenvalue weighted by Gasteiger charge is -2.29. The predicted octanol–water partition coefficient (Wildman–Crippen LogP) is 14.2. The summed E-state index contributed by atoms with van der Waals surface area (Å²) in [4.78, 5) is 51.1. The Morgan fingerprint density at radius 2 is 0.932 bits per heavy atom. The first-order valence-corrected chi connectivity index (χ1v) is 29.8. The third-order valence-electron chi connectivity index (χ3n) is 19.1. The average molecular weight is 1230 g/mol. The van der Waals surface area contributed by atoms with E-state index in [-0.39, 0.29) is 60.5 Å². The van der Waals surface area contributed by atoms with Crippen molar-refractivity contribution < 1.29 is 53.8 Å². The Morgan fingerprint density at radius 1 is 0.557 bits per heavy atom. The molecule has 3 aliphatic carbocycles. The minimum Gasteiger partial charge on any atom is -0.464 e. The third kappa shape index (κ3) is 13.4.